The third kappa shape index (κ3) is 5.41. The van der Waals surface area contributed by atoms with Crippen molar-refractivity contribution in [2.75, 3.05) is 13.1 Å². The number of aromatic nitrogens is 1. The molecule has 0 aromatic carbocycles. The zero-order chi connectivity index (χ0) is 14.1. The van der Waals surface area contributed by atoms with Gasteiger partial charge in [0.25, 0.3) is 0 Å². The van der Waals surface area contributed by atoms with Gasteiger partial charge in [-0.05, 0) is 30.9 Å². The topological polar surface area (TPSA) is 33.2 Å². The van der Waals surface area contributed by atoms with Crippen molar-refractivity contribution in [3.05, 3.63) is 30.1 Å². The molecule has 1 rings (SSSR count). The van der Waals surface area contributed by atoms with Crippen molar-refractivity contribution in [3.63, 3.8) is 0 Å². The summed E-state index contributed by atoms with van der Waals surface area (Å²) < 4.78 is 0. The van der Waals surface area contributed by atoms with Gasteiger partial charge >= 0.3 is 0 Å². The minimum absolute atomic E-state index is 0.262. The van der Waals surface area contributed by atoms with Gasteiger partial charge in [0.15, 0.2) is 0 Å². The molecule has 1 heterocycles. The lowest BCUT2D eigenvalue weighted by Crippen LogP contribution is -2.35. The van der Waals surface area contributed by atoms with Gasteiger partial charge in [0, 0.05) is 31.9 Å². The molecular formula is C16H26N2O. The van der Waals surface area contributed by atoms with Crippen LogP contribution >= 0.6 is 0 Å². The van der Waals surface area contributed by atoms with E-state index in [0.29, 0.717) is 12.3 Å². The number of rotatable bonds is 8. The van der Waals surface area contributed by atoms with Crippen LogP contribution in [0.2, 0.25) is 0 Å². The second kappa shape index (κ2) is 8.68. The standard InChI is InChI=1S/C16H26N2O/c1-4-14(5-2)13-18(6-3)16(19)10-9-15-8-7-11-17-12-15/h7-8,11-12,14H,4-6,9-10,13H2,1-3H3. The SMILES string of the molecule is CCC(CC)CN(CC)C(=O)CCc1cccnc1. The van der Waals surface area contributed by atoms with E-state index < -0.39 is 0 Å². The molecule has 0 unspecified atom stereocenters. The molecule has 0 saturated heterocycles. The predicted octanol–water partition coefficient (Wildman–Crippen LogP) is 3.30. The maximum atomic E-state index is 12.2. The normalized spacial score (nSPS) is 10.7. The first-order valence-corrected chi connectivity index (χ1v) is 7.37. The Bertz CT molecular complexity index is 360. The molecule has 0 aliphatic rings. The summed E-state index contributed by atoms with van der Waals surface area (Å²) in [7, 11) is 0. The number of hydrogen-bond donors (Lipinski definition) is 0. The highest BCUT2D eigenvalue weighted by atomic mass is 16.2. The molecule has 0 saturated carbocycles. The van der Waals surface area contributed by atoms with Crippen molar-refractivity contribution < 1.29 is 4.79 Å². The van der Waals surface area contributed by atoms with Gasteiger partial charge in [-0.1, -0.05) is 32.8 Å². The quantitative estimate of drug-likeness (QED) is 0.720. The number of aryl methyl sites for hydroxylation is 1. The summed E-state index contributed by atoms with van der Waals surface area (Å²) in [5.41, 5.74) is 1.13. The van der Waals surface area contributed by atoms with Crippen LogP contribution in [0.3, 0.4) is 0 Å². The average Bonchev–Trinajstić information content (AvgIpc) is 2.47. The van der Waals surface area contributed by atoms with Gasteiger partial charge in [0.05, 0.1) is 0 Å². The van der Waals surface area contributed by atoms with Crippen molar-refractivity contribution in [1.82, 2.24) is 9.88 Å². The zero-order valence-electron chi connectivity index (χ0n) is 12.4. The lowest BCUT2D eigenvalue weighted by Gasteiger charge is -2.25. The van der Waals surface area contributed by atoms with Gasteiger partial charge < -0.3 is 4.90 Å². The Kier molecular flexibility index (Phi) is 7.16. The van der Waals surface area contributed by atoms with Crippen LogP contribution in [0.15, 0.2) is 24.5 Å². The van der Waals surface area contributed by atoms with Crippen LogP contribution in [0.5, 0.6) is 0 Å². The Labute approximate surface area is 117 Å². The summed E-state index contributed by atoms with van der Waals surface area (Å²) in [6.07, 6.45) is 7.25. The Hall–Kier alpha value is -1.38. The number of amides is 1. The third-order valence-corrected chi connectivity index (χ3v) is 3.72. The molecule has 106 valence electrons. The van der Waals surface area contributed by atoms with Crippen LogP contribution < -0.4 is 0 Å². The molecule has 3 nitrogen and oxygen atoms in total. The highest BCUT2D eigenvalue weighted by Crippen LogP contribution is 2.11. The van der Waals surface area contributed by atoms with Crippen LogP contribution in [0.4, 0.5) is 0 Å². The molecule has 1 aromatic heterocycles. The van der Waals surface area contributed by atoms with E-state index in [-0.39, 0.29) is 5.91 Å². The second-order valence-electron chi connectivity index (χ2n) is 4.98. The molecule has 0 N–H and O–H groups in total. The molecule has 0 fully saturated rings. The Morgan fingerprint density at radius 2 is 2.05 bits per heavy atom. The fraction of sp³-hybridized carbons (Fsp3) is 0.625. The molecule has 1 aromatic rings. The smallest absolute Gasteiger partial charge is 0.222 e. The fourth-order valence-corrected chi connectivity index (χ4v) is 2.22. The fourth-order valence-electron chi connectivity index (χ4n) is 2.22. The van der Waals surface area contributed by atoms with Gasteiger partial charge in [-0.2, -0.15) is 0 Å². The summed E-state index contributed by atoms with van der Waals surface area (Å²) in [6, 6.07) is 3.94. The first kappa shape index (κ1) is 15.7. The summed E-state index contributed by atoms with van der Waals surface area (Å²) in [6.45, 7) is 8.16. The molecule has 0 aliphatic heterocycles. The third-order valence-electron chi connectivity index (χ3n) is 3.72. The molecule has 0 aliphatic carbocycles. The van der Waals surface area contributed by atoms with E-state index in [1.165, 1.54) is 0 Å². The van der Waals surface area contributed by atoms with E-state index in [1.54, 1.807) is 6.20 Å². The van der Waals surface area contributed by atoms with E-state index in [0.717, 1.165) is 37.9 Å². The minimum Gasteiger partial charge on any atom is -0.343 e. The Morgan fingerprint density at radius 3 is 2.58 bits per heavy atom. The monoisotopic (exact) mass is 262 g/mol. The van der Waals surface area contributed by atoms with Crippen LogP contribution in [-0.4, -0.2) is 28.9 Å². The first-order valence-electron chi connectivity index (χ1n) is 7.37. The van der Waals surface area contributed by atoms with Gasteiger partial charge in [-0.3, -0.25) is 9.78 Å². The first-order chi connectivity index (χ1) is 9.21. The number of pyridine rings is 1. The molecule has 0 radical (unpaired) electrons. The van der Waals surface area contributed by atoms with Gasteiger partial charge in [0.1, 0.15) is 0 Å². The molecule has 1 amide bonds. The highest BCUT2D eigenvalue weighted by molar-refractivity contribution is 5.76. The Balaban J connectivity index is 2.45. The van der Waals surface area contributed by atoms with E-state index in [4.69, 9.17) is 0 Å². The number of carbonyl (C=O) groups is 1. The zero-order valence-corrected chi connectivity index (χ0v) is 12.4. The van der Waals surface area contributed by atoms with Crippen molar-refractivity contribution in [2.24, 2.45) is 5.92 Å². The predicted molar refractivity (Wildman–Crippen MR) is 78.9 cm³/mol. The molecule has 0 spiro atoms. The van der Waals surface area contributed by atoms with Crippen molar-refractivity contribution in [2.45, 2.75) is 46.5 Å². The maximum Gasteiger partial charge on any atom is 0.222 e. The summed E-state index contributed by atoms with van der Waals surface area (Å²) in [5, 5.41) is 0. The summed E-state index contributed by atoms with van der Waals surface area (Å²) >= 11 is 0. The van der Waals surface area contributed by atoms with E-state index >= 15 is 0 Å². The maximum absolute atomic E-state index is 12.2. The lowest BCUT2D eigenvalue weighted by molar-refractivity contribution is -0.131. The van der Waals surface area contributed by atoms with E-state index in [1.807, 2.05) is 23.2 Å². The van der Waals surface area contributed by atoms with E-state index in [2.05, 4.69) is 25.8 Å². The van der Waals surface area contributed by atoms with E-state index in [9.17, 15) is 4.79 Å². The van der Waals surface area contributed by atoms with Crippen LogP contribution in [0.1, 0.15) is 45.6 Å². The van der Waals surface area contributed by atoms with Crippen molar-refractivity contribution >= 4 is 5.91 Å². The van der Waals surface area contributed by atoms with Crippen molar-refractivity contribution in [3.8, 4) is 0 Å². The molecule has 3 heteroatoms. The number of hydrogen-bond acceptors (Lipinski definition) is 2. The van der Waals surface area contributed by atoms with Crippen molar-refractivity contribution in [1.29, 1.82) is 0 Å². The average molecular weight is 262 g/mol. The largest absolute Gasteiger partial charge is 0.343 e. The van der Waals surface area contributed by atoms with Gasteiger partial charge in [0.2, 0.25) is 5.91 Å². The Morgan fingerprint density at radius 1 is 1.32 bits per heavy atom. The summed E-state index contributed by atoms with van der Waals surface area (Å²) in [5.74, 6) is 0.889. The molecular weight excluding hydrogens is 236 g/mol. The van der Waals surface area contributed by atoms with Gasteiger partial charge in [-0.25, -0.2) is 0 Å². The molecule has 0 bridgehead atoms. The minimum atomic E-state index is 0.262. The number of carbonyl (C=O) groups excluding carboxylic acids is 1. The lowest BCUT2D eigenvalue weighted by atomic mass is 10.0. The van der Waals surface area contributed by atoms with Crippen LogP contribution in [-0.2, 0) is 11.2 Å². The van der Waals surface area contributed by atoms with Gasteiger partial charge in [-0.15, -0.1) is 0 Å². The molecule has 19 heavy (non-hydrogen) atoms. The van der Waals surface area contributed by atoms with Crippen LogP contribution in [0, 0.1) is 5.92 Å². The molecule has 0 atom stereocenters. The van der Waals surface area contributed by atoms with Crippen LogP contribution in [0.25, 0.3) is 0 Å². The highest BCUT2D eigenvalue weighted by Gasteiger charge is 2.15. The number of nitrogens with zero attached hydrogens (tertiary/aromatic N) is 2. The summed E-state index contributed by atoms with van der Waals surface area (Å²) in [4.78, 5) is 18.3. The second-order valence-corrected chi connectivity index (χ2v) is 4.98.